The standard InChI is InChI=1S/C16H18S/c1-2-3-8-15(13-16-11-7-12-17-16)14-9-5-4-6-10-14/h4-7,9-13H,2-3,8H2,1H3/b15-13+. The van der Waals surface area contributed by atoms with E-state index in [4.69, 9.17) is 0 Å². The van der Waals surface area contributed by atoms with Gasteiger partial charge in [0, 0.05) is 4.88 Å². The quantitative estimate of drug-likeness (QED) is 0.651. The minimum absolute atomic E-state index is 1.17. The number of rotatable bonds is 5. The zero-order valence-electron chi connectivity index (χ0n) is 10.2. The van der Waals surface area contributed by atoms with Gasteiger partial charge in [-0.05, 0) is 41.5 Å². The van der Waals surface area contributed by atoms with Crippen LogP contribution in [0.2, 0.25) is 0 Å². The molecular weight excluding hydrogens is 224 g/mol. The number of hydrogen-bond acceptors (Lipinski definition) is 1. The number of hydrogen-bond donors (Lipinski definition) is 0. The third kappa shape index (κ3) is 3.57. The van der Waals surface area contributed by atoms with E-state index in [-0.39, 0.29) is 0 Å². The summed E-state index contributed by atoms with van der Waals surface area (Å²) in [5, 5.41) is 2.13. The summed E-state index contributed by atoms with van der Waals surface area (Å²) in [4.78, 5) is 1.35. The van der Waals surface area contributed by atoms with Crippen molar-refractivity contribution in [1.82, 2.24) is 0 Å². The third-order valence-corrected chi connectivity index (χ3v) is 3.62. The molecule has 0 fully saturated rings. The molecule has 0 aliphatic rings. The Labute approximate surface area is 108 Å². The number of thiophene rings is 1. The highest BCUT2D eigenvalue weighted by atomic mass is 32.1. The molecule has 1 aromatic heterocycles. The van der Waals surface area contributed by atoms with Gasteiger partial charge in [0.2, 0.25) is 0 Å². The van der Waals surface area contributed by atoms with Gasteiger partial charge in [-0.25, -0.2) is 0 Å². The fraction of sp³-hybridized carbons (Fsp3) is 0.250. The normalized spacial score (nSPS) is 11.7. The molecule has 1 aromatic carbocycles. The smallest absolute Gasteiger partial charge is 0.0273 e. The lowest BCUT2D eigenvalue weighted by Crippen LogP contribution is -1.84. The highest BCUT2D eigenvalue weighted by Crippen LogP contribution is 2.25. The van der Waals surface area contributed by atoms with E-state index in [1.54, 1.807) is 11.3 Å². The predicted octanol–water partition coefficient (Wildman–Crippen LogP) is 5.48. The third-order valence-electron chi connectivity index (χ3n) is 2.80. The van der Waals surface area contributed by atoms with Crippen LogP contribution in [0.3, 0.4) is 0 Å². The van der Waals surface area contributed by atoms with Crippen LogP contribution in [-0.2, 0) is 0 Å². The first-order valence-electron chi connectivity index (χ1n) is 6.19. The second-order valence-electron chi connectivity index (χ2n) is 4.15. The Kier molecular flexibility index (Phi) is 4.57. The molecule has 0 bridgehead atoms. The van der Waals surface area contributed by atoms with Gasteiger partial charge in [0.05, 0.1) is 0 Å². The van der Waals surface area contributed by atoms with Crippen molar-refractivity contribution in [3.05, 3.63) is 58.3 Å². The SMILES string of the molecule is CCCC/C(=C\c1cccs1)c1ccccc1. The van der Waals surface area contributed by atoms with Crippen molar-refractivity contribution in [3.8, 4) is 0 Å². The van der Waals surface area contributed by atoms with Gasteiger partial charge in [-0.3, -0.25) is 0 Å². The van der Waals surface area contributed by atoms with E-state index in [2.05, 4.69) is 60.8 Å². The Bertz CT molecular complexity index is 452. The minimum atomic E-state index is 1.17. The van der Waals surface area contributed by atoms with Gasteiger partial charge in [0.1, 0.15) is 0 Å². The van der Waals surface area contributed by atoms with Crippen molar-refractivity contribution in [2.75, 3.05) is 0 Å². The van der Waals surface area contributed by atoms with E-state index in [1.807, 2.05) is 0 Å². The Morgan fingerprint density at radius 2 is 1.94 bits per heavy atom. The van der Waals surface area contributed by atoms with Gasteiger partial charge in [0.25, 0.3) is 0 Å². The average molecular weight is 242 g/mol. The van der Waals surface area contributed by atoms with Gasteiger partial charge >= 0.3 is 0 Å². The molecule has 88 valence electrons. The maximum atomic E-state index is 2.33. The Morgan fingerprint density at radius 3 is 2.59 bits per heavy atom. The summed E-state index contributed by atoms with van der Waals surface area (Å²) in [5.74, 6) is 0. The van der Waals surface area contributed by atoms with Crippen LogP contribution in [-0.4, -0.2) is 0 Å². The van der Waals surface area contributed by atoms with Crippen LogP contribution >= 0.6 is 11.3 Å². The van der Waals surface area contributed by atoms with E-state index >= 15 is 0 Å². The monoisotopic (exact) mass is 242 g/mol. The molecule has 0 spiro atoms. The number of unbranched alkanes of at least 4 members (excludes halogenated alkanes) is 1. The Morgan fingerprint density at radius 1 is 1.12 bits per heavy atom. The summed E-state index contributed by atoms with van der Waals surface area (Å²) in [6.07, 6.45) is 5.99. The molecule has 0 amide bonds. The van der Waals surface area contributed by atoms with Crippen molar-refractivity contribution in [2.24, 2.45) is 0 Å². The number of benzene rings is 1. The lowest BCUT2D eigenvalue weighted by molar-refractivity contribution is 0.825. The van der Waals surface area contributed by atoms with Crippen molar-refractivity contribution in [3.63, 3.8) is 0 Å². The summed E-state index contributed by atoms with van der Waals surface area (Å²) >= 11 is 1.80. The summed E-state index contributed by atoms with van der Waals surface area (Å²) < 4.78 is 0. The molecule has 0 N–H and O–H groups in total. The molecule has 0 atom stereocenters. The molecule has 2 aromatic rings. The van der Waals surface area contributed by atoms with Crippen LogP contribution in [0.25, 0.3) is 11.6 Å². The van der Waals surface area contributed by atoms with Gasteiger partial charge < -0.3 is 0 Å². The largest absolute Gasteiger partial charge is 0.144 e. The summed E-state index contributed by atoms with van der Waals surface area (Å²) in [5.41, 5.74) is 2.81. The van der Waals surface area contributed by atoms with Crippen molar-refractivity contribution in [1.29, 1.82) is 0 Å². The maximum Gasteiger partial charge on any atom is 0.0273 e. The lowest BCUT2D eigenvalue weighted by Gasteiger charge is -2.06. The van der Waals surface area contributed by atoms with Crippen LogP contribution in [0.15, 0.2) is 47.8 Å². The molecule has 2 rings (SSSR count). The van der Waals surface area contributed by atoms with Crippen LogP contribution in [0.5, 0.6) is 0 Å². The first-order chi connectivity index (χ1) is 8.40. The molecule has 0 aliphatic carbocycles. The average Bonchev–Trinajstić information content (AvgIpc) is 2.88. The summed E-state index contributed by atoms with van der Waals surface area (Å²) in [6.45, 7) is 2.24. The molecule has 1 heterocycles. The number of allylic oxidation sites excluding steroid dienone is 1. The molecule has 0 radical (unpaired) electrons. The molecule has 17 heavy (non-hydrogen) atoms. The van der Waals surface area contributed by atoms with E-state index in [0.29, 0.717) is 0 Å². The zero-order chi connectivity index (χ0) is 11.9. The van der Waals surface area contributed by atoms with Crippen LogP contribution in [0.1, 0.15) is 36.6 Å². The van der Waals surface area contributed by atoms with Gasteiger partial charge in [-0.1, -0.05) is 49.7 Å². The van der Waals surface area contributed by atoms with E-state index in [9.17, 15) is 0 Å². The fourth-order valence-electron chi connectivity index (χ4n) is 1.86. The van der Waals surface area contributed by atoms with E-state index in [1.165, 1.54) is 35.3 Å². The highest BCUT2D eigenvalue weighted by Gasteiger charge is 2.01. The second-order valence-corrected chi connectivity index (χ2v) is 5.13. The summed E-state index contributed by atoms with van der Waals surface area (Å²) in [7, 11) is 0. The van der Waals surface area contributed by atoms with Gasteiger partial charge in [-0.15, -0.1) is 11.3 Å². The lowest BCUT2D eigenvalue weighted by atomic mass is 10.00. The van der Waals surface area contributed by atoms with Crippen LogP contribution in [0.4, 0.5) is 0 Å². The van der Waals surface area contributed by atoms with Gasteiger partial charge in [0.15, 0.2) is 0 Å². The molecule has 0 nitrogen and oxygen atoms in total. The second kappa shape index (κ2) is 6.41. The highest BCUT2D eigenvalue weighted by molar-refractivity contribution is 7.10. The molecule has 0 aliphatic heterocycles. The van der Waals surface area contributed by atoms with E-state index in [0.717, 1.165) is 0 Å². The zero-order valence-corrected chi connectivity index (χ0v) is 11.0. The fourth-order valence-corrected chi connectivity index (χ4v) is 2.55. The van der Waals surface area contributed by atoms with Crippen molar-refractivity contribution >= 4 is 23.0 Å². The van der Waals surface area contributed by atoms with Crippen LogP contribution < -0.4 is 0 Å². The molecule has 0 saturated carbocycles. The van der Waals surface area contributed by atoms with Crippen molar-refractivity contribution in [2.45, 2.75) is 26.2 Å². The minimum Gasteiger partial charge on any atom is -0.144 e. The van der Waals surface area contributed by atoms with Crippen molar-refractivity contribution < 1.29 is 0 Å². The first kappa shape index (κ1) is 12.1. The molecular formula is C16H18S. The Hall–Kier alpha value is -1.34. The van der Waals surface area contributed by atoms with E-state index < -0.39 is 0 Å². The first-order valence-corrected chi connectivity index (χ1v) is 7.07. The molecule has 0 saturated heterocycles. The van der Waals surface area contributed by atoms with Crippen LogP contribution in [0, 0.1) is 0 Å². The van der Waals surface area contributed by atoms with Gasteiger partial charge in [-0.2, -0.15) is 0 Å². The molecule has 1 heteroatoms. The maximum absolute atomic E-state index is 2.33. The Balaban J connectivity index is 2.25. The predicted molar refractivity (Wildman–Crippen MR) is 78.2 cm³/mol. The topological polar surface area (TPSA) is 0 Å². The molecule has 0 unspecified atom stereocenters. The summed E-state index contributed by atoms with van der Waals surface area (Å²) in [6, 6.07) is 15.0.